The fraction of sp³-hybridized carbons (Fsp3) is 0.250. The quantitative estimate of drug-likeness (QED) is 0.718. The molecule has 0 saturated carbocycles. The number of carbonyl (C=O) groups excluding carboxylic acids is 1. The van der Waals surface area contributed by atoms with Crippen LogP contribution in [-0.4, -0.2) is 27.4 Å². The number of hydrogen-bond acceptors (Lipinski definition) is 2. The van der Waals surface area contributed by atoms with Gasteiger partial charge in [-0.3, -0.25) is 4.79 Å². The molecule has 4 nitrogen and oxygen atoms in total. The molecule has 2 heterocycles. The van der Waals surface area contributed by atoms with Gasteiger partial charge in [-0.15, -0.1) is 0 Å². The fourth-order valence-electron chi connectivity index (χ4n) is 3.78. The zero-order valence-electron chi connectivity index (χ0n) is 13.8. The minimum Gasteiger partial charge on any atom is -0.508 e. The Morgan fingerprint density at radius 1 is 1.25 bits per heavy atom. The highest BCUT2D eigenvalue weighted by Crippen LogP contribution is 2.39. The molecule has 0 unspecified atom stereocenters. The highest BCUT2D eigenvalue weighted by Gasteiger charge is 2.33. The smallest absolute Gasteiger partial charge is 0.220 e. The SMILES string of the molecule is CC(=O)N1CCc2c([nH]c3ccc(C)cc23)[C@H]1c1cccc(O)c1. The predicted molar refractivity (Wildman–Crippen MR) is 94.1 cm³/mol. The van der Waals surface area contributed by atoms with Gasteiger partial charge in [0.25, 0.3) is 0 Å². The molecule has 0 saturated heterocycles. The van der Waals surface area contributed by atoms with E-state index in [-0.39, 0.29) is 17.7 Å². The van der Waals surface area contributed by atoms with Crippen LogP contribution in [0.15, 0.2) is 42.5 Å². The first kappa shape index (κ1) is 14.8. The van der Waals surface area contributed by atoms with Crippen LogP contribution >= 0.6 is 0 Å². The number of fused-ring (bicyclic) bond motifs is 3. The summed E-state index contributed by atoms with van der Waals surface area (Å²) in [4.78, 5) is 17.6. The van der Waals surface area contributed by atoms with Gasteiger partial charge < -0.3 is 15.0 Å². The van der Waals surface area contributed by atoms with Gasteiger partial charge >= 0.3 is 0 Å². The Morgan fingerprint density at radius 2 is 2.08 bits per heavy atom. The van der Waals surface area contributed by atoms with Crippen molar-refractivity contribution < 1.29 is 9.90 Å². The van der Waals surface area contributed by atoms with E-state index in [1.54, 1.807) is 19.1 Å². The minimum absolute atomic E-state index is 0.0452. The number of aryl methyl sites for hydroxylation is 1. The first-order chi connectivity index (χ1) is 11.5. The second-order valence-corrected chi connectivity index (χ2v) is 6.53. The van der Waals surface area contributed by atoms with E-state index in [2.05, 4.69) is 30.1 Å². The Balaban J connectivity index is 1.95. The van der Waals surface area contributed by atoms with Crippen molar-refractivity contribution in [2.75, 3.05) is 6.54 Å². The van der Waals surface area contributed by atoms with Crippen molar-refractivity contribution in [3.05, 3.63) is 64.8 Å². The Kier molecular flexibility index (Phi) is 3.34. The lowest BCUT2D eigenvalue weighted by Gasteiger charge is -2.35. The molecular weight excluding hydrogens is 300 g/mol. The summed E-state index contributed by atoms with van der Waals surface area (Å²) in [6.45, 7) is 4.38. The summed E-state index contributed by atoms with van der Waals surface area (Å²) in [6, 6.07) is 13.4. The highest BCUT2D eigenvalue weighted by molar-refractivity contribution is 5.87. The maximum atomic E-state index is 12.2. The van der Waals surface area contributed by atoms with Crippen molar-refractivity contribution in [3.63, 3.8) is 0 Å². The molecule has 24 heavy (non-hydrogen) atoms. The number of H-pyrrole nitrogens is 1. The lowest BCUT2D eigenvalue weighted by molar-refractivity contribution is -0.130. The number of phenols is 1. The van der Waals surface area contributed by atoms with Crippen molar-refractivity contribution in [2.24, 2.45) is 0 Å². The van der Waals surface area contributed by atoms with Crippen LogP contribution in [0.4, 0.5) is 0 Å². The molecule has 4 heteroatoms. The topological polar surface area (TPSA) is 56.3 Å². The van der Waals surface area contributed by atoms with Crippen LogP contribution in [0.1, 0.15) is 35.3 Å². The summed E-state index contributed by atoms with van der Waals surface area (Å²) in [5.41, 5.74) is 5.59. The molecule has 0 fully saturated rings. The van der Waals surface area contributed by atoms with E-state index in [1.807, 2.05) is 17.0 Å². The average molecular weight is 320 g/mol. The molecule has 1 aromatic heterocycles. The summed E-state index contributed by atoms with van der Waals surface area (Å²) in [5.74, 6) is 0.263. The van der Waals surface area contributed by atoms with Gasteiger partial charge in [0.05, 0.1) is 6.04 Å². The van der Waals surface area contributed by atoms with Crippen molar-refractivity contribution in [1.29, 1.82) is 0 Å². The largest absolute Gasteiger partial charge is 0.508 e. The van der Waals surface area contributed by atoms with E-state index in [1.165, 1.54) is 16.5 Å². The summed E-state index contributed by atoms with van der Waals surface area (Å²) >= 11 is 0. The lowest BCUT2D eigenvalue weighted by atomic mass is 9.92. The van der Waals surface area contributed by atoms with E-state index in [9.17, 15) is 9.90 Å². The average Bonchev–Trinajstić information content (AvgIpc) is 2.91. The molecule has 3 aromatic rings. The lowest BCUT2D eigenvalue weighted by Crippen LogP contribution is -2.39. The predicted octanol–water partition coefficient (Wildman–Crippen LogP) is 3.68. The first-order valence-electron chi connectivity index (χ1n) is 8.22. The molecule has 1 amide bonds. The van der Waals surface area contributed by atoms with Gasteiger partial charge in [0.15, 0.2) is 0 Å². The van der Waals surface area contributed by atoms with E-state index in [0.717, 1.165) is 23.2 Å². The summed E-state index contributed by atoms with van der Waals surface area (Å²) in [6.07, 6.45) is 0.841. The minimum atomic E-state index is -0.189. The van der Waals surface area contributed by atoms with Crippen molar-refractivity contribution in [3.8, 4) is 5.75 Å². The number of rotatable bonds is 1. The van der Waals surface area contributed by atoms with Gasteiger partial charge in [-0.2, -0.15) is 0 Å². The van der Waals surface area contributed by atoms with Crippen LogP contribution in [0.5, 0.6) is 5.75 Å². The standard InChI is InChI=1S/C20H20N2O2/c1-12-6-7-18-17(10-12)16-8-9-22(13(2)23)20(19(16)21-18)14-4-3-5-15(24)11-14/h3-7,10-11,20-21,24H,8-9H2,1-2H3/t20-/m1/s1. The van der Waals surface area contributed by atoms with Crippen LogP contribution in [0.2, 0.25) is 0 Å². The molecule has 4 rings (SSSR count). The number of benzene rings is 2. The van der Waals surface area contributed by atoms with Crippen molar-refractivity contribution >= 4 is 16.8 Å². The van der Waals surface area contributed by atoms with Gasteiger partial charge in [-0.25, -0.2) is 0 Å². The second-order valence-electron chi connectivity index (χ2n) is 6.53. The summed E-state index contributed by atoms with van der Waals surface area (Å²) in [5, 5.41) is 11.1. The monoisotopic (exact) mass is 320 g/mol. The fourth-order valence-corrected chi connectivity index (χ4v) is 3.78. The normalized spacial score (nSPS) is 17.1. The Morgan fingerprint density at radius 3 is 2.83 bits per heavy atom. The summed E-state index contributed by atoms with van der Waals surface area (Å²) in [7, 11) is 0. The van der Waals surface area contributed by atoms with E-state index >= 15 is 0 Å². The number of amides is 1. The maximum Gasteiger partial charge on any atom is 0.220 e. The Hall–Kier alpha value is -2.75. The molecule has 2 N–H and O–H groups in total. The number of aromatic hydroxyl groups is 1. The molecule has 1 atom stereocenters. The molecule has 122 valence electrons. The molecular formula is C20H20N2O2. The third kappa shape index (κ3) is 2.26. The van der Waals surface area contributed by atoms with E-state index < -0.39 is 0 Å². The second kappa shape index (κ2) is 5.41. The van der Waals surface area contributed by atoms with Gasteiger partial charge in [0.1, 0.15) is 5.75 Å². The zero-order chi connectivity index (χ0) is 16.8. The Bertz CT molecular complexity index is 942. The van der Waals surface area contributed by atoms with Gasteiger partial charge in [0, 0.05) is 30.1 Å². The molecule has 1 aliphatic rings. The molecule has 1 aliphatic heterocycles. The highest BCUT2D eigenvalue weighted by atomic mass is 16.3. The number of carbonyl (C=O) groups is 1. The number of nitrogens with zero attached hydrogens (tertiary/aromatic N) is 1. The number of aromatic nitrogens is 1. The third-order valence-corrected chi connectivity index (χ3v) is 4.87. The molecule has 0 radical (unpaired) electrons. The summed E-state index contributed by atoms with van der Waals surface area (Å²) < 4.78 is 0. The van der Waals surface area contributed by atoms with Crippen LogP contribution in [0.25, 0.3) is 10.9 Å². The molecule has 2 aromatic carbocycles. The third-order valence-electron chi connectivity index (χ3n) is 4.87. The van der Waals surface area contributed by atoms with Crippen LogP contribution in [0.3, 0.4) is 0 Å². The van der Waals surface area contributed by atoms with Crippen LogP contribution in [0, 0.1) is 6.92 Å². The Labute approximate surface area is 140 Å². The number of nitrogens with one attached hydrogen (secondary N) is 1. The van der Waals surface area contributed by atoms with Crippen LogP contribution < -0.4 is 0 Å². The van der Waals surface area contributed by atoms with E-state index in [4.69, 9.17) is 0 Å². The van der Waals surface area contributed by atoms with E-state index in [0.29, 0.717) is 6.54 Å². The molecule has 0 aliphatic carbocycles. The van der Waals surface area contributed by atoms with Gasteiger partial charge in [-0.05, 0) is 48.7 Å². The van der Waals surface area contributed by atoms with Gasteiger partial charge in [-0.1, -0.05) is 23.8 Å². The number of hydrogen-bond donors (Lipinski definition) is 2. The number of phenolic OH excluding ortho intramolecular Hbond substituents is 1. The molecule has 0 spiro atoms. The van der Waals surface area contributed by atoms with Crippen LogP contribution in [-0.2, 0) is 11.2 Å². The molecule has 0 bridgehead atoms. The zero-order valence-corrected chi connectivity index (χ0v) is 13.8. The van der Waals surface area contributed by atoms with Crippen molar-refractivity contribution in [2.45, 2.75) is 26.3 Å². The van der Waals surface area contributed by atoms with Crippen molar-refractivity contribution in [1.82, 2.24) is 9.88 Å². The van der Waals surface area contributed by atoms with Gasteiger partial charge in [0.2, 0.25) is 5.91 Å². The number of aromatic amines is 1. The maximum absolute atomic E-state index is 12.2. The first-order valence-corrected chi connectivity index (χ1v) is 8.22.